The van der Waals surface area contributed by atoms with E-state index in [2.05, 4.69) is 4.98 Å². The van der Waals surface area contributed by atoms with Crippen LogP contribution in [0.5, 0.6) is 5.75 Å². The lowest BCUT2D eigenvalue weighted by Gasteiger charge is -2.09. The fraction of sp³-hybridized carbons (Fsp3) is 0.286. The Morgan fingerprint density at radius 2 is 2.23 bits per heavy atom. The Balaban J connectivity index is 3.35. The van der Waals surface area contributed by atoms with Gasteiger partial charge in [-0.05, 0) is 0 Å². The van der Waals surface area contributed by atoms with Crippen LogP contribution in [0, 0.1) is 0 Å². The maximum atomic E-state index is 12.4. The van der Waals surface area contributed by atoms with Crippen LogP contribution in [0.15, 0.2) is 6.20 Å². The molecule has 0 unspecified atom stereocenters. The second kappa shape index (κ2) is 3.74. The molecular weight excluding hydrogens is 202 g/mol. The highest BCUT2D eigenvalue weighted by Gasteiger charge is 2.20. The molecule has 0 spiro atoms. The van der Waals surface area contributed by atoms with Gasteiger partial charge >= 0.3 is 0 Å². The number of hydrogen-bond acceptors (Lipinski definition) is 3. The summed E-state index contributed by atoms with van der Waals surface area (Å²) in [6.07, 6.45) is -1.92. The Labute approximate surface area is 78.1 Å². The van der Waals surface area contributed by atoms with Gasteiger partial charge in [0.05, 0.1) is 17.6 Å². The van der Waals surface area contributed by atoms with Gasteiger partial charge in [-0.25, -0.2) is 13.8 Å². The summed E-state index contributed by atoms with van der Waals surface area (Å²) in [7, 11) is 0. The molecule has 1 rings (SSSR count). The van der Waals surface area contributed by atoms with Crippen molar-refractivity contribution in [2.24, 2.45) is 0 Å². The van der Waals surface area contributed by atoms with E-state index in [0.29, 0.717) is 0 Å². The molecule has 3 nitrogen and oxygen atoms in total. The van der Waals surface area contributed by atoms with E-state index in [-0.39, 0.29) is 17.3 Å². The number of anilines is 1. The Kier molecular flexibility index (Phi) is 2.87. The maximum Gasteiger partial charge on any atom is 0.267 e. The lowest BCUT2D eigenvalue weighted by atomic mass is 10.1. The standard InChI is InChI=1S/C7H7ClF2N2O/c8-1-3-5(6(9)10)4(13)2-12-7(3)11/h2,6,13H,1H2,(H2,11,12). The number of nitrogens with two attached hydrogens (primary N) is 1. The number of alkyl halides is 3. The minimum absolute atomic E-state index is 0.0170. The predicted octanol–water partition coefficient (Wildman–Crippen LogP) is 2.05. The molecule has 0 aliphatic carbocycles. The Bertz CT molecular complexity index is 320. The monoisotopic (exact) mass is 208 g/mol. The molecule has 0 saturated carbocycles. The first-order valence-electron chi connectivity index (χ1n) is 3.38. The molecule has 1 heterocycles. The minimum Gasteiger partial charge on any atom is -0.506 e. The number of nitrogens with zero attached hydrogens (tertiary/aromatic N) is 1. The number of rotatable bonds is 2. The lowest BCUT2D eigenvalue weighted by Crippen LogP contribution is -2.01. The van der Waals surface area contributed by atoms with Gasteiger partial charge in [0.25, 0.3) is 6.43 Å². The van der Waals surface area contributed by atoms with E-state index in [1.54, 1.807) is 0 Å². The van der Waals surface area contributed by atoms with E-state index >= 15 is 0 Å². The molecule has 0 radical (unpaired) electrons. The van der Waals surface area contributed by atoms with Crippen LogP contribution in [-0.2, 0) is 5.88 Å². The lowest BCUT2D eigenvalue weighted by molar-refractivity contribution is 0.146. The van der Waals surface area contributed by atoms with Crippen molar-refractivity contribution in [3.05, 3.63) is 17.3 Å². The maximum absolute atomic E-state index is 12.4. The summed E-state index contributed by atoms with van der Waals surface area (Å²) in [5, 5.41) is 9.06. The van der Waals surface area contributed by atoms with Gasteiger partial charge < -0.3 is 10.8 Å². The van der Waals surface area contributed by atoms with E-state index < -0.39 is 17.7 Å². The summed E-state index contributed by atoms with van der Waals surface area (Å²) in [6.45, 7) is 0. The molecule has 3 N–H and O–H groups in total. The summed E-state index contributed by atoms with van der Waals surface area (Å²) >= 11 is 5.39. The molecule has 0 aromatic carbocycles. The second-order valence-electron chi connectivity index (χ2n) is 2.36. The summed E-state index contributed by atoms with van der Waals surface area (Å²) in [5.74, 6) is -0.865. The SMILES string of the molecule is Nc1ncc(O)c(C(F)F)c1CCl. The largest absolute Gasteiger partial charge is 0.506 e. The molecule has 13 heavy (non-hydrogen) atoms. The van der Waals surface area contributed by atoms with Crippen LogP contribution in [0.1, 0.15) is 17.6 Å². The topological polar surface area (TPSA) is 59.1 Å². The van der Waals surface area contributed by atoms with Crippen LogP contribution in [0.4, 0.5) is 14.6 Å². The third-order valence-electron chi connectivity index (χ3n) is 1.59. The van der Waals surface area contributed by atoms with Gasteiger partial charge in [0.2, 0.25) is 0 Å². The molecule has 0 fully saturated rings. The van der Waals surface area contributed by atoms with Crippen molar-refractivity contribution in [2.75, 3.05) is 5.73 Å². The molecule has 0 bridgehead atoms. The van der Waals surface area contributed by atoms with Crippen LogP contribution < -0.4 is 5.73 Å². The van der Waals surface area contributed by atoms with Crippen molar-refractivity contribution < 1.29 is 13.9 Å². The Morgan fingerprint density at radius 3 is 2.62 bits per heavy atom. The molecule has 1 aromatic heterocycles. The fourth-order valence-electron chi connectivity index (χ4n) is 0.955. The van der Waals surface area contributed by atoms with Crippen molar-refractivity contribution >= 4 is 17.4 Å². The van der Waals surface area contributed by atoms with Gasteiger partial charge in [0, 0.05) is 5.56 Å². The van der Waals surface area contributed by atoms with E-state index in [4.69, 9.17) is 22.4 Å². The van der Waals surface area contributed by atoms with Crippen LogP contribution >= 0.6 is 11.6 Å². The van der Waals surface area contributed by atoms with Gasteiger partial charge in [-0.3, -0.25) is 0 Å². The van der Waals surface area contributed by atoms with Crippen LogP contribution in [0.3, 0.4) is 0 Å². The van der Waals surface area contributed by atoms with Gasteiger partial charge in [-0.2, -0.15) is 0 Å². The molecule has 1 aromatic rings. The van der Waals surface area contributed by atoms with Gasteiger partial charge in [-0.1, -0.05) is 0 Å². The van der Waals surface area contributed by atoms with Crippen molar-refractivity contribution in [1.29, 1.82) is 0 Å². The zero-order valence-electron chi connectivity index (χ0n) is 6.47. The first-order valence-corrected chi connectivity index (χ1v) is 3.91. The number of pyridine rings is 1. The molecular formula is C7H7ClF2N2O. The summed E-state index contributed by atoms with van der Waals surface area (Å²) < 4.78 is 24.7. The third kappa shape index (κ3) is 1.80. The van der Waals surface area contributed by atoms with Crippen molar-refractivity contribution in [2.45, 2.75) is 12.3 Å². The Morgan fingerprint density at radius 1 is 1.62 bits per heavy atom. The summed E-state index contributed by atoms with van der Waals surface area (Å²) in [4.78, 5) is 3.50. The minimum atomic E-state index is -2.81. The number of aromatic nitrogens is 1. The smallest absolute Gasteiger partial charge is 0.267 e. The quantitative estimate of drug-likeness (QED) is 0.732. The van der Waals surface area contributed by atoms with Crippen LogP contribution in [0.25, 0.3) is 0 Å². The first-order chi connectivity index (χ1) is 6.07. The average Bonchev–Trinajstić information content (AvgIpc) is 2.07. The molecule has 72 valence electrons. The zero-order valence-corrected chi connectivity index (χ0v) is 7.22. The zero-order chi connectivity index (χ0) is 10.0. The number of hydrogen-bond donors (Lipinski definition) is 2. The molecule has 0 saturated heterocycles. The average molecular weight is 209 g/mol. The van der Waals surface area contributed by atoms with Crippen LogP contribution in [0.2, 0.25) is 0 Å². The van der Waals surface area contributed by atoms with Gasteiger partial charge in [0.15, 0.2) is 0 Å². The summed E-state index contributed by atoms with van der Waals surface area (Å²) in [5.41, 5.74) is 4.74. The highest BCUT2D eigenvalue weighted by atomic mass is 35.5. The van der Waals surface area contributed by atoms with Crippen molar-refractivity contribution in [1.82, 2.24) is 4.98 Å². The fourth-order valence-corrected chi connectivity index (χ4v) is 1.24. The molecule has 6 heteroatoms. The highest BCUT2D eigenvalue weighted by Crippen LogP contribution is 2.33. The van der Waals surface area contributed by atoms with E-state index in [9.17, 15) is 8.78 Å². The number of halogens is 3. The molecule has 0 aliphatic rings. The highest BCUT2D eigenvalue weighted by molar-refractivity contribution is 6.17. The molecule has 0 amide bonds. The van der Waals surface area contributed by atoms with Gasteiger partial charge in [-0.15, -0.1) is 11.6 Å². The normalized spacial score (nSPS) is 10.8. The number of aromatic hydroxyl groups is 1. The molecule has 0 aliphatic heterocycles. The van der Waals surface area contributed by atoms with Gasteiger partial charge in [0.1, 0.15) is 11.6 Å². The predicted molar refractivity (Wildman–Crippen MR) is 44.8 cm³/mol. The molecule has 0 atom stereocenters. The first kappa shape index (κ1) is 9.98. The van der Waals surface area contributed by atoms with E-state index in [0.717, 1.165) is 6.20 Å². The summed E-state index contributed by atoms with van der Waals surface area (Å²) in [6, 6.07) is 0. The van der Waals surface area contributed by atoms with Crippen molar-refractivity contribution in [3.8, 4) is 5.75 Å². The Hall–Kier alpha value is -1.10. The van der Waals surface area contributed by atoms with Crippen LogP contribution in [-0.4, -0.2) is 10.1 Å². The van der Waals surface area contributed by atoms with E-state index in [1.165, 1.54) is 0 Å². The van der Waals surface area contributed by atoms with Crippen molar-refractivity contribution in [3.63, 3.8) is 0 Å². The van der Waals surface area contributed by atoms with E-state index in [1.807, 2.05) is 0 Å². The number of nitrogen functional groups attached to an aromatic ring is 1. The third-order valence-corrected chi connectivity index (χ3v) is 1.86. The second-order valence-corrected chi connectivity index (χ2v) is 2.62.